The highest BCUT2D eigenvalue weighted by Crippen LogP contribution is 2.23. The quantitative estimate of drug-likeness (QED) is 0.173. The third-order valence-corrected chi connectivity index (χ3v) is 4.84. The molecular formula is C19H37IN4O2S. The monoisotopic (exact) mass is 512 g/mol. The molecule has 0 aliphatic rings. The van der Waals surface area contributed by atoms with Crippen molar-refractivity contribution >= 4 is 41.3 Å². The number of aliphatic imine (C=N–C) groups is 1. The minimum Gasteiger partial charge on any atom is -0.382 e. The van der Waals surface area contributed by atoms with Crippen LogP contribution in [0.5, 0.6) is 0 Å². The minimum absolute atomic E-state index is 0. The Morgan fingerprint density at radius 2 is 1.96 bits per heavy atom. The largest absolute Gasteiger partial charge is 0.382 e. The Labute approximate surface area is 186 Å². The smallest absolute Gasteiger partial charge is 0.191 e. The highest BCUT2D eigenvalue weighted by molar-refractivity contribution is 14.0. The fourth-order valence-electron chi connectivity index (χ4n) is 2.71. The van der Waals surface area contributed by atoms with E-state index in [0.717, 1.165) is 51.7 Å². The molecule has 0 fully saturated rings. The van der Waals surface area contributed by atoms with E-state index in [-0.39, 0.29) is 24.0 Å². The van der Waals surface area contributed by atoms with E-state index in [1.807, 2.05) is 0 Å². The van der Waals surface area contributed by atoms with Crippen molar-refractivity contribution in [2.24, 2.45) is 4.99 Å². The van der Waals surface area contributed by atoms with Crippen molar-refractivity contribution in [1.82, 2.24) is 15.5 Å². The molecule has 0 aliphatic heterocycles. The molecule has 0 radical (unpaired) electrons. The maximum absolute atomic E-state index is 5.49. The average Bonchev–Trinajstić information content (AvgIpc) is 3.18. The van der Waals surface area contributed by atoms with E-state index in [1.165, 1.54) is 5.56 Å². The number of methoxy groups -OCH3 is 1. The summed E-state index contributed by atoms with van der Waals surface area (Å²) < 4.78 is 10.5. The van der Waals surface area contributed by atoms with Gasteiger partial charge in [0.2, 0.25) is 0 Å². The average molecular weight is 513 g/mol. The second kappa shape index (κ2) is 17.7. The summed E-state index contributed by atoms with van der Waals surface area (Å²) in [5, 5.41) is 11.1. The molecule has 1 unspecified atom stereocenters. The van der Waals surface area contributed by atoms with Gasteiger partial charge < -0.3 is 20.1 Å². The van der Waals surface area contributed by atoms with Crippen LogP contribution < -0.4 is 10.6 Å². The van der Waals surface area contributed by atoms with Crippen LogP contribution in [-0.2, 0) is 9.47 Å². The zero-order chi connectivity index (χ0) is 19.0. The summed E-state index contributed by atoms with van der Waals surface area (Å²) in [7, 11) is 1.69. The SMILES string of the molecule is CCNC(=NCC(c1ccsc1)N(CC)CC)NCCCOCCOC.I. The lowest BCUT2D eigenvalue weighted by molar-refractivity contribution is 0.0698. The normalized spacial score (nSPS) is 12.7. The molecule has 1 heterocycles. The Balaban J connectivity index is 0.00000676. The number of nitrogens with one attached hydrogen (secondary N) is 2. The second-order valence-corrected chi connectivity index (χ2v) is 6.68. The van der Waals surface area contributed by atoms with E-state index in [1.54, 1.807) is 18.4 Å². The van der Waals surface area contributed by atoms with Crippen LogP contribution in [0.4, 0.5) is 0 Å². The number of guanidine groups is 1. The fraction of sp³-hybridized carbons (Fsp3) is 0.737. The number of nitrogens with zero attached hydrogens (tertiary/aromatic N) is 2. The van der Waals surface area contributed by atoms with Crippen LogP contribution in [0.15, 0.2) is 21.8 Å². The highest BCUT2D eigenvalue weighted by atomic mass is 127. The Bertz CT molecular complexity index is 470. The summed E-state index contributed by atoms with van der Waals surface area (Å²) >= 11 is 1.75. The van der Waals surface area contributed by atoms with Crippen molar-refractivity contribution in [2.45, 2.75) is 33.2 Å². The van der Waals surface area contributed by atoms with Crippen molar-refractivity contribution < 1.29 is 9.47 Å². The van der Waals surface area contributed by atoms with Crippen molar-refractivity contribution in [3.05, 3.63) is 22.4 Å². The van der Waals surface area contributed by atoms with E-state index in [2.05, 4.69) is 53.1 Å². The third-order valence-electron chi connectivity index (χ3n) is 4.14. The van der Waals surface area contributed by atoms with Crippen LogP contribution in [0.25, 0.3) is 0 Å². The molecule has 158 valence electrons. The first kappa shape index (κ1) is 26.6. The number of halogens is 1. The van der Waals surface area contributed by atoms with Gasteiger partial charge in [0.05, 0.1) is 25.8 Å². The van der Waals surface area contributed by atoms with Crippen LogP contribution in [0.1, 0.15) is 38.8 Å². The molecular weight excluding hydrogens is 475 g/mol. The molecule has 0 spiro atoms. The predicted octanol–water partition coefficient (Wildman–Crippen LogP) is 3.36. The van der Waals surface area contributed by atoms with Crippen molar-refractivity contribution in [2.75, 3.05) is 59.7 Å². The Morgan fingerprint density at radius 3 is 2.56 bits per heavy atom. The van der Waals surface area contributed by atoms with Gasteiger partial charge in [-0.15, -0.1) is 24.0 Å². The zero-order valence-corrected chi connectivity index (χ0v) is 20.3. The van der Waals surface area contributed by atoms with Crippen LogP contribution in [-0.4, -0.2) is 70.5 Å². The topological polar surface area (TPSA) is 58.1 Å². The number of ether oxygens (including phenoxy) is 2. The molecule has 0 aromatic carbocycles. The highest BCUT2D eigenvalue weighted by Gasteiger charge is 2.18. The molecule has 0 saturated carbocycles. The first-order valence-electron chi connectivity index (χ1n) is 9.61. The van der Waals surface area contributed by atoms with Crippen LogP contribution in [0.2, 0.25) is 0 Å². The maximum Gasteiger partial charge on any atom is 0.191 e. The fourth-order valence-corrected chi connectivity index (χ4v) is 3.41. The molecule has 6 nitrogen and oxygen atoms in total. The van der Waals surface area contributed by atoms with Gasteiger partial charge in [0, 0.05) is 26.8 Å². The van der Waals surface area contributed by atoms with Gasteiger partial charge >= 0.3 is 0 Å². The van der Waals surface area contributed by atoms with E-state index < -0.39 is 0 Å². The first-order valence-corrected chi connectivity index (χ1v) is 10.6. The summed E-state index contributed by atoms with van der Waals surface area (Å²) in [5.41, 5.74) is 1.35. The lowest BCUT2D eigenvalue weighted by Crippen LogP contribution is -2.39. The Morgan fingerprint density at radius 1 is 1.19 bits per heavy atom. The molecule has 1 rings (SSSR count). The number of likely N-dealkylation sites (N-methyl/N-ethyl adjacent to an activating group) is 1. The summed E-state index contributed by atoms with van der Waals surface area (Å²) in [6.07, 6.45) is 0.943. The minimum atomic E-state index is 0. The summed E-state index contributed by atoms with van der Waals surface area (Å²) in [4.78, 5) is 7.29. The lowest BCUT2D eigenvalue weighted by Gasteiger charge is -2.28. The number of hydrogen-bond acceptors (Lipinski definition) is 5. The summed E-state index contributed by atoms with van der Waals surface area (Å²) in [6, 6.07) is 2.53. The molecule has 1 atom stereocenters. The molecule has 1 aromatic rings. The molecule has 1 aromatic heterocycles. The van der Waals surface area contributed by atoms with Crippen LogP contribution in [0.3, 0.4) is 0 Å². The van der Waals surface area contributed by atoms with Gasteiger partial charge in [-0.25, -0.2) is 0 Å². The number of hydrogen-bond donors (Lipinski definition) is 2. The van der Waals surface area contributed by atoms with Gasteiger partial charge in [-0.2, -0.15) is 11.3 Å². The van der Waals surface area contributed by atoms with Gasteiger partial charge in [-0.3, -0.25) is 9.89 Å². The molecule has 0 aliphatic carbocycles. The van der Waals surface area contributed by atoms with E-state index in [0.29, 0.717) is 19.3 Å². The van der Waals surface area contributed by atoms with Gasteiger partial charge in [0.1, 0.15) is 0 Å². The molecule has 8 heteroatoms. The van der Waals surface area contributed by atoms with Crippen molar-refractivity contribution in [1.29, 1.82) is 0 Å². The van der Waals surface area contributed by atoms with E-state index >= 15 is 0 Å². The maximum atomic E-state index is 5.49. The molecule has 2 N–H and O–H groups in total. The Hall–Kier alpha value is -0.420. The molecule has 0 saturated heterocycles. The van der Waals surface area contributed by atoms with E-state index in [4.69, 9.17) is 14.5 Å². The predicted molar refractivity (Wildman–Crippen MR) is 127 cm³/mol. The number of rotatable bonds is 14. The van der Waals surface area contributed by atoms with E-state index in [9.17, 15) is 0 Å². The van der Waals surface area contributed by atoms with Gasteiger partial charge in [-0.05, 0) is 48.8 Å². The van der Waals surface area contributed by atoms with Gasteiger partial charge in [0.25, 0.3) is 0 Å². The molecule has 0 bridgehead atoms. The van der Waals surface area contributed by atoms with Crippen molar-refractivity contribution in [3.63, 3.8) is 0 Å². The lowest BCUT2D eigenvalue weighted by atomic mass is 10.1. The third kappa shape index (κ3) is 11.2. The molecule has 0 amide bonds. The summed E-state index contributed by atoms with van der Waals surface area (Å²) in [6.45, 7) is 13.0. The standard InChI is InChI=1S/C19H36N4O2S.HI/c1-5-20-19(21-10-8-11-25-13-12-24-4)22-15-18(23(6-2)7-3)17-9-14-26-16-17;/h9,14,16,18H,5-8,10-13,15H2,1-4H3,(H2,20,21,22);1H. The Kier molecular flexibility index (Phi) is 17.4. The zero-order valence-electron chi connectivity index (χ0n) is 17.2. The van der Waals surface area contributed by atoms with Crippen LogP contribution >= 0.6 is 35.3 Å². The van der Waals surface area contributed by atoms with Crippen molar-refractivity contribution in [3.8, 4) is 0 Å². The second-order valence-electron chi connectivity index (χ2n) is 5.90. The summed E-state index contributed by atoms with van der Waals surface area (Å²) in [5.74, 6) is 0.872. The van der Waals surface area contributed by atoms with Gasteiger partial charge in [-0.1, -0.05) is 13.8 Å². The van der Waals surface area contributed by atoms with Gasteiger partial charge in [0.15, 0.2) is 5.96 Å². The number of thiophene rings is 1. The molecule has 27 heavy (non-hydrogen) atoms. The van der Waals surface area contributed by atoms with Crippen LogP contribution in [0, 0.1) is 0 Å². The first-order chi connectivity index (χ1) is 12.8.